The van der Waals surface area contributed by atoms with Gasteiger partial charge in [-0.05, 0) is 19.1 Å². The van der Waals surface area contributed by atoms with Gasteiger partial charge in [-0.25, -0.2) is 0 Å². The number of benzene rings is 1. The van der Waals surface area contributed by atoms with Gasteiger partial charge in [0.05, 0.1) is 25.9 Å². The first-order chi connectivity index (χ1) is 8.10. The van der Waals surface area contributed by atoms with Crippen LogP contribution in [0.4, 0.5) is 0 Å². The summed E-state index contributed by atoms with van der Waals surface area (Å²) in [5, 5.41) is 11.7. The first-order valence-corrected chi connectivity index (χ1v) is 5.27. The van der Waals surface area contributed by atoms with Crippen LogP contribution >= 0.6 is 0 Å². The number of methoxy groups -OCH3 is 2. The number of amides is 1. The first-order valence-electron chi connectivity index (χ1n) is 5.27. The van der Waals surface area contributed by atoms with Crippen molar-refractivity contribution in [3.63, 3.8) is 0 Å². The normalized spacial score (nSPS) is 11.8. The molecular weight excluding hydrogens is 222 g/mol. The molecule has 0 radical (unpaired) electrons. The molecular formula is C12H17NO4. The van der Waals surface area contributed by atoms with Crippen molar-refractivity contribution in [1.29, 1.82) is 0 Å². The summed E-state index contributed by atoms with van der Waals surface area (Å²) in [4.78, 5) is 11.8. The van der Waals surface area contributed by atoms with Crippen LogP contribution in [0.3, 0.4) is 0 Å². The molecule has 1 aromatic carbocycles. The molecule has 0 spiro atoms. The summed E-state index contributed by atoms with van der Waals surface area (Å²) in [6.07, 6.45) is -0.587. The van der Waals surface area contributed by atoms with Gasteiger partial charge in [-0.2, -0.15) is 0 Å². The lowest BCUT2D eigenvalue weighted by atomic mass is 10.1. The van der Waals surface area contributed by atoms with Crippen molar-refractivity contribution in [1.82, 2.24) is 5.32 Å². The van der Waals surface area contributed by atoms with Gasteiger partial charge >= 0.3 is 0 Å². The zero-order valence-corrected chi connectivity index (χ0v) is 10.2. The molecule has 0 heterocycles. The predicted molar refractivity (Wildman–Crippen MR) is 63.6 cm³/mol. The molecule has 2 N–H and O–H groups in total. The van der Waals surface area contributed by atoms with Gasteiger partial charge in [-0.1, -0.05) is 6.07 Å². The molecule has 0 saturated carbocycles. The van der Waals surface area contributed by atoms with E-state index in [1.807, 2.05) is 0 Å². The summed E-state index contributed by atoms with van der Waals surface area (Å²) in [5.74, 6) is 0.580. The number of aliphatic hydroxyl groups excluding tert-OH is 1. The minimum absolute atomic E-state index is 0.194. The van der Waals surface area contributed by atoms with Crippen molar-refractivity contribution in [2.45, 2.75) is 13.0 Å². The third kappa shape index (κ3) is 3.35. The van der Waals surface area contributed by atoms with Crippen LogP contribution in [0, 0.1) is 0 Å². The van der Waals surface area contributed by atoms with Crippen molar-refractivity contribution >= 4 is 5.91 Å². The highest BCUT2D eigenvalue weighted by Gasteiger charge is 2.16. The summed E-state index contributed by atoms with van der Waals surface area (Å²) in [5.41, 5.74) is 0.382. The predicted octanol–water partition coefficient (Wildman–Crippen LogP) is 0.814. The Morgan fingerprint density at radius 1 is 1.41 bits per heavy atom. The van der Waals surface area contributed by atoms with E-state index in [-0.39, 0.29) is 12.5 Å². The molecule has 0 aliphatic carbocycles. The molecule has 0 aliphatic rings. The fourth-order valence-corrected chi connectivity index (χ4v) is 1.40. The number of hydrogen-bond acceptors (Lipinski definition) is 4. The molecule has 0 saturated heterocycles. The van der Waals surface area contributed by atoms with E-state index in [0.29, 0.717) is 17.1 Å². The number of carbonyl (C=O) groups excluding carboxylic acids is 1. The highest BCUT2D eigenvalue weighted by molar-refractivity contribution is 5.97. The molecule has 0 fully saturated rings. The van der Waals surface area contributed by atoms with E-state index >= 15 is 0 Å². The molecule has 17 heavy (non-hydrogen) atoms. The SMILES string of the molecule is COc1cccc(C(=O)NC[C@@H](C)O)c1OC. The standard InChI is InChI=1S/C12H17NO4/c1-8(14)7-13-12(15)9-5-4-6-10(16-2)11(9)17-3/h4-6,8,14H,7H2,1-3H3,(H,13,15)/t8-/m1/s1. The summed E-state index contributed by atoms with van der Waals surface area (Å²) in [7, 11) is 2.98. The van der Waals surface area contributed by atoms with E-state index in [1.54, 1.807) is 25.1 Å². The fourth-order valence-electron chi connectivity index (χ4n) is 1.40. The summed E-state index contributed by atoms with van der Waals surface area (Å²) in [6, 6.07) is 5.06. The van der Waals surface area contributed by atoms with E-state index in [9.17, 15) is 4.79 Å². The number of hydrogen-bond donors (Lipinski definition) is 2. The molecule has 1 amide bonds. The lowest BCUT2D eigenvalue weighted by molar-refractivity contribution is 0.0920. The molecule has 1 atom stereocenters. The van der Waals surface area contributed by atoms with E-state index in [2.05, 4.69) is 5.32 Å². The van der Waals surface area contributed by atoms with E-state index in [4.69, 9.17) is 14.6 Å². The van der Waals surface area contributed by atoms with Crippen molar-refractivity contribution in [2.24, 2.45) is 0 Å². The van der Waals surface area contributed by atoms with E-state index < -0.39 is 6.10 Å². The Morgan fingerprint density at radius 2 is 2.12 bits per heavy atom. The average Bonchev–Trinajstić information content (AvgIpc) is 2.34. The van der Waals surface area contributed by atoms with Crippen LogP contribution < -0.4 is 14.8 Å². The molecule has 5 heteroatoms. The highest BCUT2D eigenvalue weighted by Crippen LogP contribution is 2.30. The highest BCUT2D eigenvalue weighted by atomic mass is 16.5. The molecule has 5 nitrogen and oxygen atoms in total. The third-order valence-electron chi connectivity index (χ3n) is 2.21. The molecule has 1 rings (SSSR count). The minimum Gasteiger partial charge on any atom is -0.493 e. The Labute approximate surface area is 100 Å². The fraction of sp³-hybridized carbons (Fsp3) is 0.417. The maximum absolute atomic E-state index is 11.8. The van der Waals surface area contributed by atoms with Crippen LogP contribution in [0.15, 0.2) is 18.2 Å². The summed E-state index contributed by atoms with van der Waals surface area (Å²) >= 11 is 0. The topological polar surface area (TPSA) is 67.8 Å². The zero-order chi connectivity index (χ0) is 12.8. The van der Waals surface area contributed by atoms with Crippen LogP contribution in [0.1, 0.15) is 17.3 Å². The van der Waals surface area contributed by atoms with Gasteiger partial charge in [0.2, 0.25) is 0 Å². The monoisotopic (exact) mass is 239 g/mol. The second-order valence-electron chi connectivity index (χ2n) is 3.60. The number of para-hydroxylation sites is 1. The van der Waals surface area contributed by atoms with Crippen molar-refractivity contribution < 1.29 is 19.4 Å². The molecule has 94 valence electrons. The second kappa shape index (κ2) is 6.10. The molecule has 0 bridgehead atoms. The van der Waals surface area contributed by atoms with Crippen molar-refractivity contribution in [2.75, 3.05) is 20.8 Å². The quantitative estimate of drug-likeness (QED) is 0.798. The number of nitrogens with one attached hydrogen (secondary N) is 1. The minimum atomic E-state index is -0.587. The van der Waals surface area contributed by atoms with Crippen LogP contribution in [0.25, 0.3) is 0 Å². The Hall–Kier alpha value is -1.75. The van der Waals surface area contributed by atoms with E-state index in [0.717, 1.165) is 0 Å². The smallest absolute Gasteiger partial charge is 0.255 e. The largest absolute Gasteiger partial charge is 0.493 e. The van der Waals surface area contributed by atoms with Gasteiger partial charge in [0.1, 0.15) is 0 Å². The van der Waals surface area contributed by atoms with E-state index in [1.165, 1.54) is 14.2 Å². The number of carbonyl (C=O) groups is 1. The maximum Gasteiger partial charge on any atom is 0.255 e. The van der Waals surface area contributed by atoms with Gasteiger partial charge in [-0.3, -0.25) is 4.79 Å². The average molecular weight is 239 g/mol. The second-order valence-corrected chi connectivity index (χ2v) is 3.60. The molecule has 1 aromatic rings. The lowest BCUT2D eigenvalue weighted by Crippen LogP contribution is -2.30. The molecule has 0 aromatic heterocycles. The van der Waals surface area contributed by atoms with Crippen molar-refractivity contribution in [3.8, 4) is 11.5 Å². The summed E-state index contributed by atoms with van der Waals surface area (Å²) < 4.78 is 10.2. The maximum atomic E-state index is 11.8. The Bertz CT molecular complexity index is 390. The number of aliphatic hydroxyl groups is 1. The molecule has 0 unspecified atom stereocenters. The Kier molecular flexibility index (Phi) is 4.78. The van der Waals surface area contributed by atoms with Crippen LogP contribution in [0.5, 0.6) is 11.5 Å². The van der Waals surface area contributed by atoms with Gasteiger partial charge < -0.3 is 19.9 Å². The number of ether oxygens (including phenoxy) is 2. The van der Waals surface area contributed by atoms with Gasteiger partial charge in [0.25, 0.3) is 5.91 Å². The van der Waals surface area contributed by atoms with Gasteiger partial charge in [0, 0.05) is 6.54 Å². The van der Waals surface area contributed by atoms with Crippen LogP contribution in [-0.2, 0) is 0 Å². The Balaban J connectivity index is 2.92. The molecule has 0 aliphatic heterocycles. The first kappa shape index (κ1) is 13.3. The van der Waals surface area contributed by atoms with Gasteiger partial charge in [-0.15, -0.1) is 0 Å². The number of rotatable bonds is 5. The Morgan fingerprint density at radius 3 is 2.65 bits per heavy atom. The zero-order valence-electron chi connectivity index (χ0n) is 10.2. The van der Waals surface area contributed by atoms with Gasteiger partial charge in [0.15, 0.2) is 11.5 Å². The van der Waals surface area contributed by atoms with Crippen molar-refractivity contribution in [3.05, 3.63) is 23.8 Å². The van der Waals surface area contributed by atoms with Crippen LogP contribution in [0.2, 0.25) is 0 Å². The van der Waals surface area contributed by atoms with Crippen LogP contribution in [-0.4, -0.2) is 37.9 Å². The summed E-state index contributed by atoms with van der Waals surface area (Å²) in [6.45, 7) is 1.79. The third-order valence-corrected chi connectivity index (χ3v) is 2.21. The lowest BCUT2D eigenvalue weighted by Gasteiger charge is -2.13.